The van der Waals surface area contributed by atoms with Crippen LogP contribution in [0.1, 0.15) is 26.2 Å². The SMILES string of the molecule is COCC(C)(NC(=O)C1CCC(N)C1)C(=O)OC. The van der Waals surface area contributed by atoms with Crippen molar-refractivity contribution in [3.63, 3.8) is 0 Å². The van der Waals surface area contributed by atoms with Crippen LogP contribution in [0.3, 0.4) is 0 Å². The molecule has 1 aliphatic carbocycles. The van der Waals surface area contributed by atoms with Gasteiger partial charge in [-0.1, -0.05) is 0 Å². The van der Waals surface area contributed by atoms with Crippen LogP contribution in [0.4, 0.5) is 0 Å². The minimum Gasteiger partial charge on any atom is -0.467 e. The molecule has 1 saturated carbocycles. The summed E-state index contributed by atoms with van der Waals surface area (Å²) in [4.78, 5) is 23.8. The molecular formula is C12H22N2O4. The maximum atomic E-state index is 12.1. The molecule has 3 N–H and O–H groups in total. The van der Waals surface area contributed by atoms with Crippen LogP contribution < -0.4 is 11.1 Å². The number of hydrogen-bond acceptors (Lipinski definition) is 5. The highest BCUT2D eigenvalue weighted by molar-refractivity contribution is 5.89. The maximum Gasteiger partial charge on any atom is 0.333 e. The van der Waals surface area contributed by atoms with Crippen LogP contribution in [0, 0.1) is 5.92 Å². The van der Waals surface area contributed by atoms with E-state index in [1.54, 1.807) is 6.92 Å². The Labute approximate surface area is 107 Å². The van der Waals surface area contributed by atoms with Gasteiger partial charge in [-0.05, 0) is 26.2 Å². The van der Waals surface area contributed by atoms with Gasteiger partial charge in [-0.3, -0.25) is 4.79 Å². The van der Waals surface area contributed by atoms with E-state index in [2.05, 4.69) is 5.32 Å². The van der Waals surface area contributed by atoms with Gasteiger partial charge < -0.3 is 20.5 Å². The summed E-state index contributed by atoms with van der Waals surface area (Å²) >= 11 is 0. The van der Waals surface area contributed by atoms with Gasteiger partial charge in [0.1, 0.15) is 0 Å². The second kappa shape index (κ2) is 6.15. The third-order valence-corrected chi connectivity index (χ3v) is 3.31. The summed E-state index contributed by atoms with van der Waals surface area (Å²) in [5, 5.41) is 2.71. The van der Waals surface area contributed by atoms with Crippen molar-refractivity contribution in [3.8, 4) is 0 Å². The van der Waals surface area contributed by atoms with Crippen LogP contribution in [-0.4, -0.2) is 44.3 Å². The van der Waals surface area contributed by atoms with Crippen LogP contribution in [0.2, 0.25) is 0 Å². The molecule has 0 heterocycles. The molecule has 0 bridgehead atoms. The number of rotatable bonds is 5. The standard InChI is InChI=1S/C12H22N2O4/c1-12(7-17-2,11(16)18-3)14-10(15)8-4-5-9(13)6-8/h8-9H,4-7,13H2,1-3H3,(H,14,15). The fourth-order valence-corrected chi connectivity index (χ4v) is 2.29. The third-order valence-electron chi connectivity index (χ3n) is 3.31. The number of hydrogen-bond donors (Lipinski definition) is 2. The fraction of sp³-hybridized carbons (Fsp3) is 0.833. The Morgan fingerprint density at radius 2 is 2.06 bits per heavy atom. The first-order valence-electron chi connectivity index (χ1n) is 6.08. The lowest BCUT2D eigenvalue weighted by Crippen LogP contribution is -2.57. The molecule has 3 atom stereocenters. The van der Waals surface area contributed by atoms with E-state index in [1.165, 1.54) is 14.2 Å². The van der Waals surface area contributed by atoms with E-state index in [9.17, 15) is 9.59 Å². The van der Waals surface area contributed by atoms with Crippen molar-refractivity contribution in [1.82, 2.24) is 5.32 Å². The maximum absolute atomic E-state index is 12.1. The Kier molecular flexibility index (Phi) is 5.10. The van der Waals surface area contributed by atoms with E-state index in [1.807, 2.05) is 0 Å². The number of carbonyl (C=O) groups is 2. The molecule has 1 fully saturated rings. The zero-order valence-electron chi connectivity index (χ0n) is 11.2. The quantitative estimate of drug-likeness (QED) is 0.667. The predicted molar refractivity (Wildman–Crippen MR) is 65.8 cm³/mol. The molecule has 0 radical (unpaired) electrons. The molecule has 1 aliphatic rings. The summed E-state index contributed by atoms with van der Waals surface area (Å²) in [6.45, 7) is 1.67. The highest BCUT2D eigenvalue weighted by atomic mass is 16.5. The number of carbonyl (C=O) groups excluding carboxylic acids is 2. The van der Waals surface area contributed by atoms with E-state index in [-0.39, 0.29) is 24.5 Å². The highest BCUT2D eigenvalue weighted by Crippen LogP contribution is 2.25. The Balaban J connectivity index is 2.66. The van der Waals surface area contributed by atoms with Gasteiger partial charge >= 0.3 is 5.97 Å². The van der Waals surface area contributed by atoms with Crippen LogP contribution in [0.5, 0.6) is 0 Å². The summed E-state index contributed by atoms with van der Waals surface area (Å²) in [5.41, 5.74) is 4.63. The smallest absolute Gasteiger partial charge is 0.333 e. The Morgan fingerprint density at radius 1 is 1.39 bits per heavy atom. The Morgan fingerprint density at radius 3 is 2.50 bits per heavy atom. The van der Waals surface area contributed by atoms with Gasteiger partial charge in [0, 0.05) is 19.1 Å². The summed E-state index contributed by atoms with van der Waals surface area (Å²) in [5.74, 6) is -0.797. The predicted octanol–water partition coefficient (Wildman–Crippen LogP) is -0.192. The molecular weight excluding hydrogens is 236 g/mol. The molecule has 0 aromatic rings. The van der Waals surface area contributed by atoms with Crippen LogP contribution in [0.15, 0.2) is 0 Å². The van der Waals surface area contributed by atoms with Gasteiger partial charge in [0.05, 0.1) is 13.7 Å². The molecule has 1 amide bonds. The second-order valence-corrected chi connectivity index (χ2v) is 5.02. The van der Waals surface area contributed by atoms with Crippen molar-refractivity contribution in [2.24, 2.45) is 11.7 Å². The van der Waals surface area contributed by atoms with Crippen molar-refractivity contribution in [2.45, 2.75) is 37.8 Å². The van der Waals surface area contributed by atoms with E-state index in [0.717, 1.165) is 12.8 Å². The van der Waals surface area contributed by atoms with Crippen LogP contribution in [0.25, 0.3) is 0 Å². The van der Waals surface area contributed by atoms with Crippen molar-refractivity contribution < 1.29 is 19.1 Å². The van der Waals surface area contributed by atoms with Crippen LogP contribution in [-0.2, 0) is 19.1 Å². The topological polar surface area (TPSA) is 90.6 Å². The number of nitrogens with one attached hydrogen (secondary N) is 1. The Bertz CT molecular complexity index is 321. The summed E-state index contributed by atoms with van der Waals surface area (Å²) < 4.78 is 9.67. The molecule has 0 aliphatic heterocycles. The third kappa shape index (κ3) is 3.43. The minimum atomic E-state index is -1.15. The number of esters is 1. The Hall–Kier alpha value is -1.14. The first-order chi connectivity index (χ1) is 8.42. The van der Waals surface area contributed by atoms with Crippen molar-refractivity contribution in [1.29, 1.82) is 0 Å². The number of nitrogens with two attached hydrogens (primary N) is 1. The lowest BCUT2D eigenvalue weighted by Gasteiger charge is -2.28. The minimum absolute atomic E-state index is 0.0736. The van der Waals surface area contributed by atoms with Crippen molar-refractivity contribution >= 4 is 11.9 Å². The van der Waals surface area contributed by atoms with Gasteiger partial charge in [-0.2, -0.15) is 0 Å². The second-order valence-electron chi connectivity index (χ2n) is 5.02. The summed E-state index contributed by atoms with van der Waals surface area (Å²) in [6, 6.07) is 0.0764. The lowest BCUT2D eigenvalue weighted by atomic mass is 10.0. The molecule has 0 aromatic carbocycles. The number of amides is 1. The number of ether oxygens (including phenoxy) is 2. The average molecular weight is 258 g/mol. The van der Waals surface area contributed by atoms with Crippen molar-refractivity contribution in [3.05, 3.63) is 0 Å². The summed E-state index contributed by atoms with van der Waals surface area (Å²) in [6.07, 6.45) is 2.27. The average Bonchev–Trinajstić information content (AvgIpc) is 2.75. The fourth-order valence-electron chi connectivity index (χ4n) is 2.29. The van der Waals surface area contributed by atoms with Gasteiger partial charge in [-0.25, -0.2) is 4.79 Å². The normalized spacial score (nSPS) is 26.4. The monoisotopic (exact) mass is 258 g/mol. The molecule has 0 spiro atoms. The largest absolute Gasteiger partial charge is 0.467 e. The zero-order valence-corrected chi connectivity index (χ0v) is 11.2. The van der Waals surface area contributed by atoms with Gasteiger partial charge in [-0.15, -0.1) is 0 Å². The van der Waals surface area contributed by atoms with E-state index in [4.69, 9.17) is 15.2 Å². The molecule has 3 unspecified atom stereocenters. The molecule has 1 rings (SSSR count). The summed E-state index contributed by atoms with van der Waals surface area (Å²) in [7, 11) is 2.76. The van der Waals surface area contributed by atoms with Gasteiger partial charge in [0.2, 0.25) is 5.91 Å². The molecule has 18 heavy (non-hydrogen) atoms. The van der Waals surface area contributed by atoms with E-state index in [0.29, 0.717) is 6.42 Å². The van der Waals surface area contributed by atoms with Crippen molar-refractivity contribution in [2.75, 3.05) is 20.8 Å². The van der Waals surface area contributed by atoms with E-state index >= 15 is 0 Å². The highest BCUT2D eigenvalue weighted by Gasteiger charge is 2.39. The molecule has 6 nitrogen and oxygen atoms in total. The molecule has 0 saturated heterocycles. The van der Waals surface area contributed by atoms with Crippen LogP contribution >= 0.6 is 0 Å². The van der Waals surface area contributed by atoms with E-state index < -0.39 is 11.5 Å². The molecule has 6 heteroatoms. The first-order valence-corrected chi connectivity index (χ1v) is 6.08. The lowest BCUT2D eigenvalue weighted by molar-refractivity contribution is -0.153. The molecule has 104 valence electrons. The number of methoxy groups -OCH3 is 2. The first kappa shape index (κ1) is 14.9. The van der Waals surface area contributed by atoms with Gasteiger partial charge in [0.15, 0.2) is 5.54 Å². The van der Waals surface area contributed by atoms with Gasteiger partial charge in [0.25, 0.3) is 0 Å². The molecule has 0 aromatic heterocycles. The zero-order chi connectivity index (χ0) is 13.8.